The third-order valence-electron chi connectivity index (χ3n) is 1.05. The van der Waals surface area contributed by atoms with E-state index in [1.807, 2.05) is 0 Å². The minimum atomic E-state index is -3.47. The van der Waals surface area contributed by atoms with Crippen molar-refractivity contribution in [1.29, 1.82) is 0 Å². The van der Waals surface area contributed by atoms with Crippen LogP contribution in [0.1, 0.15) is 0 Å². The standard InChI is InChI=1S/C5H13N3O3S/c1-7-4-5(9)8-2-3-12(6,10)11/h7H,2-4H2,1H3,(H,8,9)(H2,6,10,11). The first-order valence-electron chi connectivity index (χ1n) is 3.37. The zero-order valence-electron chi connectivity index (χ0n) is 6.83. The SMILES string of the molecule is CNCC(=O)NCCS(N)(=O)=O. The van der Waals surface area contributed by atoms with Gasteiger partial charge in [-0.1, -0.05) is 0 Å². The molecule has 12 heavy (non-hydrogen) atoms. The lowest BCUT2D eigenvalue weighted by Crippen LogP contribution is -2.36. The number of carbonyl (C=O) groups is 1. The number of likely N-dealkylation sites (N-methyl/N-ethyl adjacent to an activating group) is 1. The molecule has 0 saturated carbocycles. The van der Waals surface area contributed by atoms with Gasteiger partial charge in [-0.3, -0.25) is 4.79 Å². The van der Waals surface area contributed by atoms with Crippen molar-refractivity contribution in [2.24, 2.45) is 5.14 Å². The van der Waals surface area contributed by atoms with Crippen molar-refractivity contribution < 1.29 is 13.2 Å². The lowest BCUT2D eigenvalue weighted by molar-refractivity contribution is -0.120. The van der Waals surface area contributed by atoms with E-state index in [1.54, 1.807) is 7.05 Å². The molecule has 0 radical (unpaired) electrons. The molecule has 0 aliphatic carbocycles. The average Bonchev–Trinajstić information content (AvgIpc) is 1.84. The van der Waals surface area contributed by atoms with Crippen LogP contribution in [-0.2, 0) is 14.8 Å². The van der Waals surface area contributed by atoms with Gasteiger partial charge in [-0.05, 0) is 7.05 Å². The highest BCUT2D eigenvalue weighted by atomic mass is 32.2. The van der Waals surface area contributed by atoms with Gasteiger partial charge in [-0.2, -0.15) is 0 Å². The van der Waals surface area contributed by atoms with Gasteiger partial charge >= 0.3 is 0 Å². The third kappa shape index (κ3) is 7.45. The summed E-state index contributed by atoms with van der Waals surface area (Å²) in [7, 11) is -1.85. The smallest absolute Gasteiger partial charge is 0.233 e. The number of sulfonamides is 1. The van der Waals surface area contributed by atoms with E-state index in [9.17, 15) is 13.2 Å². The lowest BCUT2D eigenvalue weighted by Gasteiger charge is -2.02. The Bertz CT molecular complexity index is 236. The van der Waals surface area contributed by atoms with E-state index in [1.165, 1.54) is 0 Å². The Balaban J connectivity index is 3.51. The topological polar surface area (TPSA) is 101 Å². The van der Waals surface area contributed by atoms with Crippen molar-refractivity contribution in [2.45, 2.75) is 0 Å². The first kappa shape index (κ1) is 11.3. The number of nitrogens with two attached hydrogens (primary N) is 1. The Morgan fingerprint density at radius 1 is 1.50 bits per heavy atom. The maximum absolute atomic E-state index is 10.7. The Morgan fingerprint density at radius 3 is 2.50 bits per heavy atom. The predicted molar refractivity (Wildman–Crippen MR) is 44.9 cm³/mol. The van der Waals surface area contributed by atoms with Gasteiger partial charge in [0.1, 0.15) is 0 Å². The molecule has 6 nitrogen and oxygen atoms in total. The maximum atomic E-state index is 10.7. The Kier molecular flexibility index (Phi) is 4.79. The van der Waals surface area contributed by atoms with Gasteiger partial charge < -0.3 is 10.6 Å². The summed E-state index contributed by atoms with van der Waals surface area (Å²) in [6.45, 7) is 0.226. The fourth-order valence-corrected chi connectivity index (χ4v) is 0.942. The second kappa shape index (κ2) is 5.07. The van der Waals surface area contributed by atoms with Crippen LogP contribution in [0.5, 0.6) is 0 Å². The number of amides is 1. The normalized spacial score (nSPS) is 11.2. The second-order valence-electron chi connectivity index (χ2n) is 2.25. The van der Waals surface area contributed by atoms with Gasteiger partial charge in [0, 0.05) is 6.54 Å². The number of hydrogen-bond acceptors (Lipinski definition) is 4. The fraction of sp³-hybridized carbons (Fsp3) is 0.800. The Hall–Kier alpha value is -0.660. The number of hydrogen-bond donors (Lipinski definition) is 3. The molecule has 0 aromatic heterocycles. The maximum Gasteiger partial charge on any atom is 0.233 e. The molecule has 4 N–H and O–H groups in total. The summed E-state index contributed by atoms with van der Waals surface area (Å²) in [5.41, 5.74) is 0. The first-order valence-corrected chi connectivity index (χ1v) is 5.09. The number of primary sulfonamides is 1. The van der Waals surface area contributed by atoms with Crippen LogP contribution in [0.25, 0.3) is 0 Å². The minimum absolute atomic E-state index is 0.0549. The quantitative estimate of drug-likeness (QED) is 0.455. The molecule has 0 rings (SSSR count). The van der Waals surface area contributed by atoms with E-state index in [4.69, 9.17) is 5.14 Å². The van der Waals surface area contributed by atoms with E-state index in [-0.39, 0.29) is 24.7 Å². The van der Waals surface area contributed by atoms with Crippen molar-refractivity contribution in [3.05, 3.63) is 0 Å². The molecule has 0 aliphatic rings. The van der Waals surface area contributed by atoms with Crippen LogP contribution < -0.4 is 15.8 Å². The number of rotatable bonds is 5. The van der Waals surface area contributed by atoms with Crippen LogP contribution in [-0.4, -0.2) is 40.2 Å². The van der Waals surface area contributed by atoms with Gasteiger partial charge in [-0.15, -0.1) is 0 Å². The van der Waals surface area contributed by atoms with Crippen LogP contribution in [0.4, 0.5) is 0 Å². The number of carbonyl (C=O) groups excluding carboxylic acids is 1. The second-order valence-corrected chi connectivity index (χ2v) is 3.98. The van der Waals surface area contributed by atoms with Crippen LogP contribution in [0.2, 0.25) is 0 Å². The minimum Gasteiger partial charge on any atom is -0.354 e. The van der Waals surface area contributed by atoms with Crippen LogP contribution in [0.15, 0.2) is 0 Å². The monoisotopic (exact) mass is 195 g/mol. The van der Waals surface area contributed by atoms with Gasteiger partial charge in [0.2, 0.25) is 15.9 Å². The molecule has 0 bridgehead atoms. The van der Waals surface area contributed by atoms with Crippen molar-refractivity contribution in [1.82, 2.24) is 10.6 Å². The molecule has 72 valence electrons. The lowest BCUT2D eigenvalue weighted by atomic mass is 10.5. The average molecular weight is 195 g/mol. The summed E-state index contributed by atoms with van der Waals surface area (Å²) in [5.74, 6) is -0.483. The molecule has 0 aromatic rings. The van der Waals surface area contributed by atoms with E-state index < -0.39 is 10.0 Å². The van der Waals surface area contributed by atoms with Crippen molar-refractivity contribution in [3.63, 3.8) is 0 Å². The van der Waals surface area contributed by atoms with Crippen LogP contribution >= 0.6 is 0 Å². The molecule has 0 aromatic carbocycles. The summed E-state index contributed by atoms with van der Waals surface area (Å²) < 4.78 is 20.8. The molecule has 0 unspecified atom stereocenters. The molecular formula is C5H13N3O3S. The van der Waals surface area contributed by atoms with Crippen LogP contribution in [0, 0.1) is 0 Å². The highest BCUT2D eigenvalue weighted by molar-refractivity contribution is 7.89. The van der Waals surface area contributed by atoms with Crippen molar-refractivity contribution in [2.75, 3.05) is 25.9 Å². The molecule has 0 atom stereocenters. The molecule has 0 fully saturated rings. The van der Waals surface area contributed by atoms with Crippen molar-refractivity contribution >= 4 is 15.9 Å². The van der Waals surface area contributed by atoms with Gasteiger partial charge in [0.15, 0.2) is 0 Å². The van der Waals surface area contributed by atoms with E-state index in [0.29, 0.717) is 0 Å². The Labute approximate surface area is 71.6 Å². The summed E-state index contributed by atoms with van der Waals surface area (Å²) >= 11 is 0. The van der Waals surface area contributed by atoms with Gasteiger partial charge in [0.05, 0.1) is 12.3 Å². The molecule has 0 aliphatic heterocycles. The highest BCUT2D eigenvalue weighted by Gasteiger charge is 2.03. The molecule has 0 saturated heterocycles. The van der Waals surface area contributed by atoms with Gasteiger partial charge in [-0.25, -0.2) is 13.6 Å². The van der Waals surface area contributed by atoms with Gasteiger partial charge in [0.25, 0.3) is 0 Å². The predicted octanol–water partition coefficient (Wildman–Crippen LogP) is -2.39. The highest BCUT2D eigenvalue weighted by Crippen LogP contribution is 1.73. The molecule has 0 heterocycles. The summed E-state index contributed by atoms with van der Waals surface area (Å²) in [4.78, 5) is 10.7. The molecule has 0 spiro atoms. The van der Waals surface area contributed by atoms with Crippen LogP contribution in [0.3, 0.4) is 0 Å². The van der Waals surface area contributed by atoms with E-state index in [0.717, 1.165) is 0 Å². The zero-order valence-corrected chi connectivity index (χ0v) is 7.65. The zero-order chi connectivity index (χ0) is 9.61. The third-order valence-corrected chi connectivity index (χ3v) is 1.82. The first-order chi connectivity index (χ1) is 5.45. The fourth-order valence-electron chi connectivity index (χ4n) is 0.556. The van der Waals surface area contributed by atoms with E-state index >= 15 is 0 Å². The van der Waals surface area contributed by atoms with E-state index in [2.05, 4.69) is 10.6 Å². The van der Waals surface area contributed by atoms with Crippen molar-refractivity contribution in [3.8, 4) is 0 Å². The molecule has 1 amide bonds. The Morgan fingerprint density at radius 2 is 2.08 bits per heavy atom. The molecular weight excluding hydrogens is 182 g/mol. The summed E-state index contributed by atoms with van der Waals surface area (Å²) in [6.07, 6.45) is 0. The number of nitrogens with one attached hydrogen (secondary N) is 2. The summed E-state index contributed by atoms with van der Waals surface area (Å²) in [6, 6.07) is 0. The summed E-state index contributed by atoms with van der Waals surface area (Å²) in [5, 5.41) is 9.70. The largest absolute Gasteiger partial charge is 0.354 e. The molecule has 7 heteroatoms.